The third-order valence-corrected chi connectivity index (χ3v) is 3.69. The second-order valence-corrected chi connectivity index (χ2v) is 5.12. The summed E-state index contributed by atoms with van der Waals surface area (Å²) in [4.78, 5) is 33.5. The van der Waals surface area contributed by atoms with E-state index < -0.39 is 22.6 Å². The first kappa shape index (κ1) is 17.3. The molecule has 0 fully saturated rings. The van der Waals surface area contributed by atoms with E-state index in [2.05, 4.69) is 20.7 Å². The molecular formula is C12H15BrN2O6. The van der Waals surface area contributed by atoms with Crippen molar-refractivity contribution in [3.05, 3.63) is 36.7 Å². The predicted octanol–water partition coefficient (Wildman–Crippen LogP) is 1.14. The van der Waals surface area contributed by atoms with Gasteiger partial charge in [-0.1, -0.05) is 0 Å². The molecule has 1 N–H and O–H groups in total. The minimum Gasteiger partial charge on any atom is -0.466 e. The molecule has 21 heavy (non-hydrogen) atoms. The van der Waals surface area contributed by atoms with Gasteiger partial charge in [0.1, 0.15) is 0 Å². The van der Waals surface area contributed by atoms with Crippen LogP contribution in [0.5, 0.6) is 0 Å². The number of hydrogen-bond acceptors (Lipinski definition) is 6. The number of carbonyl (C=O) groups excluding carboxylic acids is 1. The van der Waals surface area contributed by atoms with Crippen molar-refractivity contribution in [2.24, 2.45) is 0 Å². The number of carbonyl (C=O) groups is 1. The highest BCUT2D eigenvalue weighted by Gasteiger charge is 2.20. The number of halogens is 1. The highest BCUT2D eigenvalue weighted by molar-refractivity contribution is 9.10. The van der Waals surface area contributed by atoms with Crippen molar-refractivity contribution < 1.29 is 19.6 Å². The molecule has 0 aliphatic carbocycles. The summed E-state index contributed by atoms with van der Waals surface area (Å²) in [6.07, 6.45) is -0.410. The lowest BCUT2D eigenvalue weighted by molar-refractivity contribution is -0.386. The van der Waals surface area contributed by atoms with Gasteiger partial charge in [-0.2, -0.15) is 0 Å². The first-order valence-corrected chi connectivity index (χ1v) is 6.94. The van der Waals surface area contributed by atoms with Crippen LogP contribution in [0.2, 0.25) is 0 Å². The van der Waals surface area contributed by atoms with Crippen LogP contribution in [0.25, 0.3) is 0 Å². The largest absolute Gasteiger partial charge is 0.466 e. The van der Waals surface area contributed by atoms with Gasteiger partial charge >= 0.3 is 5.97 Å². The molecule has 1 unspecified atom stereocenters. The highest BCUT2D eigenvalue weighted by Crippen LogP contribution is 2.22. The molecule has 1 aromatic heterocycles. The van der Waals surface area contributed by atoms with Crippen molar-refractivity contribution >= 4 is 27.6 Å². The summed E-state index contributed by atoms with van der Waals surface area (Å²) >= 11 is 3.00. The van der Waals surface area contributed by atoms with Crippen LogP contribution in [0.1, 0.15) is 18.9 Å². The first-order chi connectivity index (χ1) is 9.77. The maximum absolute atomic E-state index is 12.0. The van der Waals surface area contributed by atoms with Crippen LogP contribution in [0, 0.1) is 17.0 Å². The number of rotatable bonds is 6. The summed E-state index contributed by atoms with van der Waals surface area (Å²) in [7, 11) is 0. The summed E-state index contributed by atoms with van der Waals surface area (Å²) in [5.41, 5.74) is -0.549. The number of pyridine rings is 1. The Morgan fingerprint density at radius 3 is 2.76 bits per heavy atom. The van der Waals surface area contributed by atoms with Crippen molar-refractivity contribution in [1.29, 1.82) is 0 Å². The number of aliphatic hydroxyl groups excluding tert-OH is 1. The molecule has 0 amide bonds. The van der Waals surface area contributed by atoms with Crippen LogP contribution >= 0.6 is 15.9 Å². The Labute approximate surface area is 128 Å². The zero-order valence-corrected chi connectivity index (χ0v) is 13.1. The summed E-state index contributed by atoms with van der Waals surface area (Å²) in [5.74, 6) is -0.598. The lowest BCUT2D eigenvalue weighted by Crippen LogP contribution is -2.29. The van der Waals surface area contributed by atoms with Crippen LogP contribution in [0.15, 0.2) is 15.5 Å². The lowest BCUT2D eigenvalue weighted by atomic mass is 10.2. The molecule has 9 heteroatoms. The predicted molar refractivity (Wildman–Crippen MR) is 77.1 cm³/mol. The number of aliphatic hydroxyl groups is 1. The zero-order chi connectivity index (χ0) is 16.2. The van der Waals surface area contributed by atoms with Crippen LogP contribution in [-0.4, -0.2) is 33.3 Å². The fraction of sp³-hybridized carbons (Fsp3) is 0.500. The van der Waals surface area contributed by atoms with Gasteiger partial charge in [0.25, 0.3) is 11.2 Å². The van der Waals surface area contributed by atoms with Gasteiger partial charge in [0.05, 0.1) is 41.3 Å². The Kier molecular flexibility index (Phi) is 6.03. The molecule has 1 atom stereocenters. The fourth-order valence-electron chi connectivity index (χ4n) is 1.73. The normalized spacial score (nSPS) is 12.0. The summed E-state index contributed by atoms with van der Waals surface area (Å²) in [6, 6.07) is 0. The van der Waals surface area contributed by atoms with Crippen LogP contribution in [0.3, 0.4) is 0 Å². The van der Waals surface area contributed by atoms with Gasteiger partial charge in [0.15, 0.2) is 0 Å². The van der Waals surface area contributed by atoms with Crippen molar-refractivity contribution in [3.63, 3.8) is 0 Å². The van der Waals surface area contributed by atoms with Crippen molar-refractivity contribution in [1.82, 2.24) is 4.57 Å². The van der Waals surface area contributed by atoms with Gasteiger partial charge in [-0.3, -0.25) is 19.7 Å². The van der Waals surface area contributed by atoms with Gasteiger partial charge in [0, 0.05) is 5.56 Å². The van der Waals surface area contributed by atoms with Crippen molar-refractivity contribution in [2.45, 2.75) is 32.9 Å². The molecular weight excluding hydrogens is 348 g/mol. The molecule has 8 nitrogen and oxygen atoms in total. The van der Waals surface area contributed by atoms with E-state index in [4.69, 9.17) is 0 Å². The third kappa shape index (κ3) is 4.36. The van der Waals surface area contributed by atoms with Crippen LogP contribution in [-0.2, 0) is 16.1 Å². The van der Waals surface area contributed by atoms with E-state index in [9.17, 15) is 24.8 Å². The fourth-order valence-corrected chi connectivity index (χ4v) is 2.16. The van der Waals surface area contributed by atoms with Gasteiger partial charge in [-0.25, -0.2) is 0 Å². The van der Waals surface area contributed by atoms with E-state index in [1.54, 1.807) is 6.92 Å². The lowest BCUT2D eigenvalue weighted by Gasteiger charge is -2.13. The molecule has 0 aromatic carbocycles. The molecule has 0 saturated carbocycles. The molecule has 0 spiro atoms. The average molecular weight is 363 g/mol. The summed E-state index contributed by atoms with van der Waals surface area (Å²) in [5, 5.41) is 20.7. The molecule has 0 saturated heterocycles. The Morgan fingerprint density at radius 2 is 2.24 bits per heavy atom. The number of nitrogens with zero attached hydrogens (tertiary/aromatic N) is 2. The van der Waals surface area contributed by atoms with Crippen molar-refractivity contribution in [2.75, 3.05) is 6.61 Å². The molecule has 1 rings (SSSR count). The average Bonchev–Trinajstić information content (AvgIpc) is 2.39. The number of hydrogen-bond donors (Lipinski definition) is 1. The maximum atomic E-state index is 12.0. The SMILES string of the molecule is CCOC(=O)CC(O)Cn1cc([N+](=O)[O-])c(C)c(Br)c1=O. The second-order valence-electron chi connectivity index (χ2n) is 4.33. The minimum atomic E-state index is -1.17. The summed E-state index contributed by atoms with van der Waals surface area (Å²) in [6.45, 7) is 3.03. The Hall–Kier alpha value is -1.74. The third-order valence-electron chi connectivity index (χ3n) is 2.75. The summed E-state index contributed by atoms with van der Waals surface area (Å²) < 4.78 is 5.74. The van der Waals surface area contributed by atoms with E-state index in [0.717, 1.165) is 10.8 Å². The number of esters is 1. The van der Waals surface area contributed by atoms with Gasteiger partial charge in [-0.15, -0.1) is 0 Å². The second kappa shape index (κ2) is 7.32. The Morgan fingerprint density at radius 1 is 1.62 bits per heavy atom. The Balaban J connectivity index is 3.01. The quantitative estimate of drug-likeness (QED) is 0.461. The van der Waals surface area contributed by atoms with E-state index in [-0.39, 0.29) is 35.3 Å². The van der Waals surface area contributed by atoms with E-state index in [0.29, 0.717) is 0 Å². The van der Waals surface area contributed by atoms with E-state index >= 15 is 0 Å². The first-order valence-electron chi connectivity index (χ1n) is 6.15. The number of ether oxygens (including phenoxy) is 1. The van der Waals surface area contributed by atoms with E-state index in [1.165, 1.54) is 6.92 Å². The van der Waals surface area contributed by atoms with E-state index in [1.807, 2.05) is 0 Å². The number of nitro groups is 1. The molecule has 1 heterocycles. The number of aromatic nitrogens is 1. The monoisotopic (exact) mass is 362 g/mol. The Bertz CT molecular complexity index is 613. The molecule has 0 aliphatic rings. The zero-order valence-electron chi connectivity index (χ0n) is 11.5. The van der Waals surface area contributed by atoms with Crippen LogP contribution in [0.4, 0.5) is 5.69 Å². The maximum Gasteiger partial charge on any atom is 0.308 e. The molecule has 0 radical (unpaired) electrons. The smallest absolute Gasteiger partial charge is 0.308 e. The van der Waals surface area contributed by atoms with Gasteiger partial charge in [0.2, 0.25) is 0 Å². The molecule has 116 valence electrons. The van der Waals surface area contributed by atoms with Crippen LogP contribution < -0.4 is 5.56 Å². The molecule has 1 aromatic rings. The standard InChI is InChI=1S/C12H15BrN2O6/c1-3-21-10(17)4-8(16)5-14-6-9(15(19)20)7(2)11(13)12(14)18/h6,8,16H,3-5H2,1-2H3. The van der Waals surface area contributed by atoms with Gasteiger partial charge in [-0.05, 0) is 29.8 Å². The topological polar surface area (TPSA) is 112 Å². The highest BCUT2D eigenvalue weighted by atomic mass is 79.9. The minimum absolute atomic E-state index is 0.0556. The molecule has 0 aliphatic heterocycles. The van der Waals surface area contributed by atoms with Gasteiger partial charge < -0.3 is 14.4 Å². The van der Waals surface area contributed by atoms with Crippen molar-refractivity contribution in [3.8, 4) is 0 Å². The molecule has 0 bridgehead atoms.